The van der Waals surface area contributed by atoms with Crippen molar-refractivity contribution >= 4 is 17.8 Å². The molecule has 1 N–H and O–H groups in total. The van der Waals surface area contributed by atoms with E-state index in [0.717, 1.165) is 5.69 Å². The smallest absolute Gasteiger partial charge is 0.254 e. The van der Waals surface area contributed by atoms with Gasteiger partial charge in [-0.3, -0.25) is 9.59 Å². The van der Waals surface area contributed by atoms with Gasteiger partial charge in [0, 0.05) is 26.2 Å². The summed E-state index contributed by atoms with van der Waals surface area (Å²) in [6, 6.07) is 14.6. The molecule has 4 rings (SSSR count). The molecule has 33 heavy (non-hydrogen) atoms. The number of rotatable bonds is 6. The Kier molecular flexibility index (Phi) is 6.62. The Balaban J connectivity index is 1.42. The van der Waals surface area contributed by atoms with Crippen LogP contribution in [0.4, 0.5) is 10.3 Å². The molecule has 1 fully saturated rings. The topological polar surface area (TPSA) is 96.2 Å². The number of tetrazole rings is 1. The largest absolute Gasteiger partial charge is 0.340 e. The SMILES string of the molecule is CC(C)C(NC(=O)c1ccccc1F)C(=O)N1CCN(c2nnnn2-c2ccccc2)CC1. The van der Waals surface area contributed by atoms with Crippen LogP contribution in [0.1, 0.15) is 24.2 Å². The molecule has 3 aromatic rings. The van der Waals surface area contributed by atoms with Gasteiger partial charge in [0.2, 0.25) is 11.9 Å². The molecule has 0 saturated carbocycles. The van der Waals surface area contributed by atoms with Crippen LogP contribution in [0.3, 0.4) is 0 Å². The molecule has 1 saturated heterocycles. The molecule has 1 aliphatic heterocycles. The highest BCUT2D eigenvalue weighted by Crippen LogP contribution is 2.18. The zero-order valence-corrected chi connectivity index (χ0v) is 18.6. The molecular weight excluding hydrogens is 425 g/mol. The number of para-hydroxylation sites is 1. The fraction of sp³-hybridized carbons (Fsp3) is 0.348. The Bertz CT molecular complexity index is 1110. The molecule has 1 atom stereocenters. The molecule has 2 heterocycles. The van der Waals surface area contributed by atoms with E-state index in [-0.39, 0.29) is 17.4 Å². The minimum absolute atomic E-state index is 0.0754. The summed E-state index contributed by atoms with van der Waals surface area (Å²) in [4.78, 5) is 29.6. The maximum atomic E-state index is 14.0. The third kappa shape index (κ3) is 4.84. The van der Waals surface area contributed by atoms with Crippen molar-refractivity contribution in [2.24, 2.45) is 5.92 Å². The van der Waals surface area contributed by atoms with E-state index in [1.165, 1.54) is 18.2 Å². The van der Waals surface area contributed by atoms with Gasteiger partial charge in [-0.15, -0.1) is 0 Å². The molecule has 0 spiro atoms. The minimum Gasteiger partial charge on any atom is -0.340 e. The zero-order valence-electron chi connectivity index (χ0n) is 18.6. The maximum Gasteiger partial charge on any atom is 0.254 e. The number of nitrogens with zero attached hydrogens (tertiary/aromatic N) is 6. The molecule has 2 amide bonds. The summed E-state index contributed by atoms with van der Waals surface area (Å²) < 4.78 is 15.7. The average molecular weight is 452 g/mol. The average Bonchev–Trinajstić information content (AvgIpc) is 3.33. The van der Waals surface area contributed by atoms with Crippen molar-refractivity contribution in [3.63, 3.8) is 0 Å². The summed E-state index contributed by atoms with van der Waals surface area (Å²) in [5.41, 5.74) is 0.778. The molecule has 10 heteroatoms. The van der Waals surface area contributed by atoms with Gasteiger partial charge in [0.1, 0.15) is 11.9 Å². The van der Waals surface area contributed by atoms with Crippen LogP contribution in [-0.2, 0) is 4.79 Å². The third-order valence-electron chi connectivity index (χ3n) is 5.67. The maximum absolute atomic E-state index is 14.0. The molecule has 2 aromatic carbocycles. The van der Waals surface area contributed by atoms with E-state index >= 15 is 0 Å². The van der Waals surface area contributed by atoms with Crippen molar-refractivity contribution in [2.45, 2.75) is 19.9 Å². The highest BCUT2D eigenvalue weighted by atomic mass is 19.1. The molecule has 9 nitrogen and oxygen atoms in total. The van der Waals surface area contributed by atoms with E-state index in [2.05, 4.69) is 20.8 Å². The number of carbonyl (C=O) groups excluding carboxylic acids is 2. The summed E-state index contributed by atoms with van der Waals surface area (Å²) in [5.74, 6) is -0.939. The van der Waals surface area contributed by atoms with Crippen LogP contribution in [0.15, 0.2) is 54.6 Å². The fourth-order valence-corrected chi connectivity index (χ4v) is 3.82. The predicted octanol–water partition coefficient (Wildman–Crippen LogP) is 1.90. The highest BCUT2D eigenvalue weighted by Gasteiger charge is 2.32. The molecule has 0 radical (unpaired) electrons. The summed E-state index contributed by atoms with van der Waals surface area (Å²) in [7, 11) is 0. The van der Waals surface area contributed by atoms with Crippen LogP contribution in [-0.4, -0.2) is 69.1 Å². The number of nitrogens with one attached hydrogen (secondary N) is 1. The lowest BCUT2D eigenvalue weighted by molar-refractivity contribution is -0.134. The van der Waals surface area contributed by atoms with Crippen LogP contribution in [0.2, 0.25) is 0 Å². The van der Waals surface area contributed by atoms with Gasteiger partial charge in [-0.05, 0) is 40.6 Å². The van der Waals surface area contributed by atoms with Gasteiger partial charge in [-0.1, -0.05) is 49.3 Å². The molecule has 1 unspecified atom stereocenters. The lowest BCUT2D eigenvalue weighted by Gasteiger charge is -2.37. The first-order chi connectivity index (χ1) is 16.0. The van der Waals surface area contributed by atoms with Crippen molar-refractivity contribution in [1.29, 1.82) is 0 Å². The van der Waals surface area contributed by atoms with Crippen LogP contribution < -0.4 is 10.2 Å². The summed E-state index contributed by atoms with van der Waals surface area (Å²) in [5, 5.41) is 14.8. The number of aromatic nitrogens is 4. The Hall–Kier alpha value is -3.82. The number of halogens is 1. The third-order valence-corrected chi connectivity index (χ3v) is 5.67. The van der Waals surface area contributed by atoms with Crippen molar-refractivity contribution in [3.8, 4) is 5.69 Å². The number of benzene rings is 2. The molecule has 0 bridgehead atoms. The van der Waals surface area contributed by atoms with Gasteiger partial charge in [-0.25, -0.2) is 4.39 Å². The fourth-order valence-electron chi connectivity index (χ4n) is 3.82. The van der Waals surface area contributed by atoms with Crippen molar-refractivity contribution in [2.75, 3.05) is 31.1 Å². The number of amides is 2. The monoisotopic (exact) mass is 451 g/mol. The normalized spacial score (nSPS) is 14.9. The first-order valence-corrected chi connectivity index (χ1v) is 10.9. The van der Waals surface area contributed by atoms with Crippen molar-refractivity contribution < 1.29 is 14.0 Å². The zero-order chi connectivity index (χ0) is 23.4. The molecule has 1 aromatic heterocycles. The van der Waals surface area contributed by atoms with Gasteiger partial charge < -0.3 is 15.1 Å². The second-order valence-corrected chi connectivity index (χ2v) is 8.21. The summed E-state index contributed by atoms with van der Waals surface area (Å²) in [6.45, 7) is 5.72. The van der Waals surface area contributed by atoms with E-state index in [4.69, 9.17) is 0 Å². The Labute approximate surface area is 191 Å². The molecule has 172 valence electrons. The minimum atomic E-state index is -0.752. The first-order valence-electron chi connectivity index (χ1n) is 10.9. The van der Waals surface area contributed by atoms with Gasteiger partial charge in [0.25, 0.3) is 5.91 Å². The Morgan fingerprint density at radius 2 is 1.64 bits per heavy atom. The number of hydrogen-bond donors (Lipinski definition) is 1. The summed E-state index contributed by atoms with van der Waals surface area (Å²) >= 11 is 0. The Morgan fingerprint density at radius 3 is 2.30 bits per heavy atom. The second-order valence-electron chi connectivity index (χ2n) is 8.21. The number of carbonyl (C=O) groups is 2. The van der Waals surface area contributed by atoms with E-state index in [0.29, 0.717) is 32.1 Å². The van der Waals surface area contributed by atoms with Gasteiger partial charge >= 0.3 is 0 Å². The van der Waals surface area contributed by atoms with E-state index in [9.17, 15) is 14.0 Å². The van der Waals surface area contributed by atoms with Crippen LogP contribution >= 0.6 is 0 Å². The van der Waals surface area contributed by atoms with Crippen molar-refractivity contribution in [3.05, 3.63) is 66.0 Å². The van der Waals surface area contributed by atoms with Crippen molar-refractivity contribution in [1.82, 2.24) is 30.4 Å². The van der Waals surface area contributed by atoms with Crippen LogP contribution in [0.25, 0.3) is 5.69 Å². The van der Waals surface area contributed by atoms with E-state index in [1.807, 2.05) is 49.1 Å². The van der Waals surface area contributed by atoms with E-state index < -0.39 is 17.8 Å². The lowest BCUT2D eigenvalue weighted by Crippen LogP contribution is -2.56. The quantitative estimate of drug-likeness (QED) is 0.615. The number of anilines is 1. The van der Waals surface area contributed by atoms with Gasteiger partial charge in [0.05, 0.1) is 11.3 Å². The Morgan fingerprint density at radius 1 is 0.970 bits per heavy atom. The second kappa shape index (κ2) is 9.76. The highest BCUT2D eigenvalue weighted by molar-refractivity contribution is 5.97. The first kappa shape index (κ1) is 22.4. The van der Waals surface area contributed by atoms with Crippen LogP contribution in [0.5, 0.6) is 0 Å². The number of piperazine rings is 1. The van der Waals surface area contributed by atoms with Crippen LogP contribution in [0, 0.1) is 11.7 Å². The molecule has 0 aliphatic carbocycles. The predicted molar refractivity (Wildman–Crippen MR) is 120 cm³/mol. The summed E-state index contributed by atoms with van der Waals surface area (Å²) in [6.07, 6.45) is 0. The van der Waals surface area contributed by atoms with E-state index in [1.54, 1.807) is 15.6 Å². The molecular formula is C23H26FN7O2. The van der Waals surface area contributed by atoms with Gasteiger partial charge in [0.15, 0.2) is 0 Å². The lowest BCUT2D eigenvalue weighted by atomic mass is 10.0. The van der Waals surface area contributed by atoms with Gasteiger partial charge in [-0.2, -0.15) is 4.68 Å². The standard InChI is InChI=1S/C23H26FN7O2/c1-16(2)20(25-21(32)18-10-6-7-11-19(18)24)22(33)29-12-14-30(15-13-29)23-26-27-28-31(23)17-8-4-3-5-9-17/h3-11,16,20H,12-15H2,1-2H3,(H,25,32). The number of hydrogen-bond acceptors (Lipinski definition) is 6. The molecule has 1 aliphatic rings.